The highest BCUT2D eigenvalue weighted by atomic mass is 16.1. The molecule has 0 bridgehead atoms. The van der Waals surface area contributed by atoms with E-state index >= 15 is 0 Å². The molecule has 2 aromatic carbocycles. The van der Waals surface area contributed by atoms with E-state index in [0.29, 0.717) is 16.8 Å². The van der Waals surface area contributed by atoms with E-state index in [1.807, 2.05) is 18.2 Å². The van der Waals surface area contributed by atoms with Gasteiger partial charge >= 0.3 is 0 Å². The summed E-state index contributed by atoms with van der Waals surface area (Å²) in [4.78, 5) is 20.7. The smallest absolute Gasteiger partial charge is 0.255 e. The first kappa shape index (κ1) is 12.5. The summed E-state index contributed by atoms with van der Waals surface area (Å²) in [7, 11) is 0. The van der Waals surface area contributed by atoms with Gasteiger partial charge in [-0.05, 0) is 36.4 Å². The number of hydrogen-bond donors (Lipinski definition) is 2. The van der Waals surface area contributed by atoms with Crippen LogP contribution >= 0.6 is 0 Å². The van der Waals surface area contributed by atoms with Crippen molar-refractivity contribution in [3.63, 3.8) is 0 Å². The molecule has 0 unspecified atom stereocenters. The minimum atomic E-state index is -0.189. The molecule has 1 amide bonds. The molecule has 2 heterocycles. The minimum absolute atomic E-state index is 0.189. The van der Waals surface area contributed by atoms with Crippen molar-refractivity contribution >= 4 is 33.5 Å². The lowest BCUT2D eigenvalue weighted by Gasteiger charge is -2.06. The van der Waals surface area contributed by atoms with E-state index in [1.165, 1.54) is 0 Å². The van der Waals surface area contributed by atoms with Crippen LogP contribution in [0.3, 0.4) is 0 Å². The number of carbonyl (C=O) groups excluding carboxylic acids is 1. The van der Waals surface area contributed by atoms with E-state index < -0.39 is 0 Å². The van der Waals surface area contributed by atoms with Gasteiger partial charge in [-0.25, -0.2) is 0 Å². The van der Waals surface area contributed by atoms with Crippen molar-refractivity contribution in [3.05, 3.63) is 60.6 Å². The molecule has 0 aliphatic rings. The van der Waals surface area contributed by atoms with Gasteiger partial charge in [-0.3, -0.25) is 19.9 Å². The molecule has 2 aromatic heterocycles. The van der Waals surface area contributed by atoms with Crippen molar-refractivity contribution in [1.82, 2.24) is 20.2 Å². The molecule has 4 rings (SSSR count). The van der Waals surface area contributed by atoms with Crippen molar-refractivity contribution in [2.24, 2.45) is 0 Å². The maximum absolute atomic E-state index is 12.3. The van der Waals surface area contributed by atoms with Gasteiger partial charge in [0.05, 0.1) is 22.7 Å². The molecule has 0 aliphatic carbocycles. The number of fused-ring (bicyclic) bond motifs is 2. The van der Waals surface area contributed by atoms with Crippen LogP contribution in [0.5, 0.6) is 0 Å². The van der Waals surface area contributed by atoms with Crippen LogP contribution < -0.4 is 5.32 Å². The van der Waals surface area contributed by atoms with Crippen molar-refractivity contribution < 1.29 is 4.79 Å². The Morgan fingerprint density at radius 3 is 2.77 bits per heavy atom. The maximum Gasteiger partial charge on any atom is 0.255 e. The van der Waals surface area contributed by atoms with E-state index in [-0.39, 0.29) is 5.91 Å². The summed E-state index contributed by atoms with van der Waals surface area (Å²) in [6, 6.07) is 10.8. The molecule has 0 atom stereocenters. The van der Waals surface area contributed by atoms with Crippen LogP contribution in [-0.2, 0) is 0 Å². The Morgan fingerprint density at radius 1 is 1.00 bits per heavy atom. The number of H-pyrrole nitrogens is 1. The third kappa shape index (κ3) is 2.16. The van der Waals surface area contributed by atoms with Gasteiger partial charge in [0.2, 0.25) is 0 Å². The Bertz CT molecular complexity index is 992. The van der Waals surface area contributed by atoms with E-state index in [9.17, 15) is 4.79 Å². The van der Waals surface area contributed by atoms with Crippen molar-refractivity contribution in [1.29, 1.82) is 0 Å². The van der Waals surface area contributed by atoms with E-state index in [2.05, 4.69) is 25.5 Å². The Balaban J connectivity index is 1.64. The Kier molecular flexibility index (Phi) is 2.79. The highest BCUT2D eigenvalue weighted by molar-refractivity contribution is 6.06. The normalized spacial score (nSPS) is 10.9. The van der Waals surface area contributed by atoms with Crippen LogP contribution in [0.2, 0.25) is 0 Å². The first-order valence-electron chi connectivity index (χ1n) is 6.75. The zero-order valence-electron chi connectivity index (χ0n) is 11.4. The van der Waals surface area contributed by atoms with E-state index in [4.69, 9.17) is 0 Å². The highest BCUT2D eigenvalue weighted by Gasteiger charge is 2.08. The lowest BCUT2D eigenvalue weighted by atomic mass is 10.1. The number of aromatic nitrogens is 4. The van der Waals surface area contributed by atoms with Gasteiger partial charge in [0, 0.05) is 29.0 Å². The quantitative estimate of drug-likeness (QED) is 0.594. The Morgan fingerprint density at radius 2 is 1.86 bits per heavy atom. The summed E-state index contributed by atoms with van der Waals surface area (Å²) in [5, 5.41) is 10.7. The number of rotatable bonds is 2. The molecule has 22 heavy (non-hydrogen) atoms. The minimum Gasteiger partial charge on any atom is -0.322 e. The number of hydrogen-bond acceptors (Lipinski definition) is 4. The van der Waals surface area contributed by atoms with Crippen LogP contribution in [0.25, 0.3) is 21.9 Å². The number of nitrogens with one attached hydrogen (secondary N) is 2. The Labute approximate surface area is 125 Å². The van der Waals surface area contributed by atoms with Gasteiger partial charge in [-0.15, -0.1) is 0 Å². The second-order valence-corrected chi connectivity index (χ2v) is 4.89. The predicted octanol–water partition coefficient (Wildman–Crippen LogP) is 2.76. The first-order valence-corrected chi connectivity index (χ1v) is 6.75. The number of anilines is 1. The molecule has 0 radical (unpaired) electrons. The summed E-state index contributed by atoms with van der Waals surface area (Å²) in [6.07, 6.45) is 4.97. The molecule has 6 nitrogen and oxygen atoms in total. The SMILES string of the molecule is O=C(Nc1ccc2cn[nH]c2c1)c1ccc2nccnc2c1. The van der Waals surface area contributed by atoms with Crippen molar-refractivity contribution in [2.45, 2.75) is 0 Å². The standard InChI is InChI=1S/C16H11N5O/c22-16(10-2-4-13-15(7-10)18-6-5-17-13)20-12-3-1-11-9-19-21-14(11)8-12/h1-9H,(H,19,21)(H,20,22). The molecular formula is C16H11N5O. The maximum atomic E-state index is 12.3. The van der Waals surface area contributed by atoms with Gasteiger partial charge < -0.3 is 5.32 Å². The fourth-order valence-electron chi connectivity index (χ4n) is 2.32. The molecule has 6 heteroatoms. The summed E-state index contributed by atoms with van der Waals surface area (Å²) >= 11 is 0. The molecule has 0 aliphatic heterocycles. The van der Waals surface area contributed by atoms with E-state index in [1.54, 1.807) is 36.8 Å². The zero-order chi connectivity index (χ0) is 14.9. The molecular weight excluding hydrogens is 278 g/mol. The number of aromatic amines is 1. The number of benzene rings is 2. The first-order chi connectivity index (χ1) is 10.8. The van der Waals surface area contributed by atoms with Crippen molar-refractivity contribution in [3.8, 4) is 0 Å². The van der Waals surface area contributed by atoms with Crippen molar-refractivity contribution in [2.75, 3.05) is 5.32 Å². The second-order valence-electron chi connectivity index (χ2n) is 4.89. The van der Waals surface area contributed by atoms with Crippen LogP contribution in [-0.4, -0.2) is 26.1 Å². The fraction of sp³-hybridized carbons (Fsp3) is 0. The molecule has 2 N–H and O–H groups in total. The summed E-state index contributed by atoms with van der Waals surface area (Å²) in [6.45, 7) is 0. The lowest BCUT2D eigenvalue weighted by molar-refractivity contribution is 0.102. The Hall–Kier alpha value is -3.28. The molecule has 0 saturated carbocycles. The van der Waals surface area contributed by atoms with E-state index in [0.717, 1.165) is 16.4 Å². The van der Waals surface area contributed by atoms with Gasteiger partial charge in [-0.2, -0.15) is 5.10 Å². The van der Waals surface area contributed by atoms with Gasteiger partial charge in [0.1, 0.15) is 0 Å². The molecule has 106 valence electrons. The summed E-state index contributed by atoms with van der Waals surface area (Å²) in [5.41, 5.74) is 3.58. The molecule has 0 saturated heterocycles. The molecule has 0 spiro atoms. The molecule has 0 fully saturated rings. The van der Waals surface area contributed by atoms with Crippen LogP contribution in [0, 0.1) is 0 Å². The second kappa shape index (κ2) is 4.92. The topological polar surface area (TPSA) is 83.6 Å². The molecule has 4 aromatic rings. The average Bonchev–Trinajstić information content (AvgIpc) is 3.02. The van der Waals surface area contributed by atoms with Crippen LogP contribution in [0.15, 0.2) is 55.0 Å². The number of nitrogens with zero attached hydrogens (tertiary/aromatic N) is 3. The van der Waals surface area contributed by atoms with Crippen LogP contribution in [0.1, 0.15) is 10.4 Å². The fourth-order valence-corrected chi connectivity index (χ4v) is 2.32. The third-order valence-electron chi connectivity index (χ3n) is 3.43. The van der Waals surface area contributed by atoms with Crippen LogP contribution in [0.4, 0.5) is 5.69 Å². The predicted molar refractivity (Wildman–Crippen MR) is 83.6 cm³/mol. The number of carbonyl (C=O) groups is 1. The summed E-state index contributed by atoms with van der Waals surface area (Å²) < 4.78 is 0. The third-order valence-corrected chi connectivity index (χ3v) is 3.43. The van der Waals surface area contributed by atoms with Gasteiger partial charge in [0.15, 0.2) is 0 Å². The largest absolute Gasteiger partial charge is 0.322 e. The summed E-state index contributed by atoms with van der Waals surface area (Å²) in [5.74, 6) is -0.189. The average molecular weight is 289 g/mol. The zero-order valence-corrected chi connectivity index (χ0v) is 11.4. The monoisotopic (exact) mass is 289 g/mol. The number of amides is 1. The highest BCUT2D eigenvalue weighted by Crippen LogP contribution is 2.18. The van der Waals surface area contributed by atoms with Gasteiger partial charge in [0.25, 0.3) is 5.91 Å². The lowest BCUT2D eigenvalue weighted by Crippen LogP contribution is -2.11. The van der Waals surface area contributed by atoms with Gasteiger partial charge in [-0.1, -0.05) is 0 Å².